The highest BCUT2D eigenvalue weighted by molar-refractivity contribution is 14.0. The summed E-state index contributed by atoms with van der Waals surface area (Å²) in [6.45, 7) is 3.12. The summed E-state index contributed by atoms with van der Waals surface area (Å²) in [7, 11) is -1.65. The van der Waals surface area contributed by atoms with E-state index >= 15 is 0 Å². The maximum atomic E-state index is 12.1. The van der Waals surface area contributed by atoms with Gasteiger partial charge in [-0.25, -0.2) is 13.1 Å². The highest BCUT2D eigenvalue weighted by Gasteiger charge is 2.27. The molecule has 7 nitrogen and oxygen atoms in total. The number of thiophene rings is 1. The number of nitrogens with one attached hydrogen (secondary N) is 3. The van der Waals surface area contributed by atoms with E-state index in [1.807, 2.05) is 0 Å². The van der Waals surface area contributed by atoms with Crippen LogP contribution in [0.15, 0.2) is 26.7 Å². The third kappa shape index (κ3) is 6.82. The van der Waals surface area contributed by atoms with E-state index in [4.69, 9.17) is 0 Å². The predicted octanol–water partition coefficient (Wildman–Crippen LogP) is 2.22. The molecule has 0 aromatic carbocycles. The van der Waals surface area contributed by atoms with Crippen molar-refractivity contribution in [1.29, 1.82) is 0 Å². The van der Waals surface area contributed by atoms with Crippen LogP contribution in [-0.2, 0) is 10.0 Å². The maximum Gasteiger partial charge on any atom is 0.250 e. The number of guanidine groups is 1. The Labute approximate surface area is 189 Å². The third-order valence-corrected chi connectivity index (χ3v) is 8.26. The molecule has 160 valence electrons. The molecular formula is C18H32IN5O2S2. The molecule has 0 radical (unpaired) electrons. The summed E-state index contributed by atoms with van der Waals surface area (Å²) >= 11 is 1.22. The minimum Gasteiger partial charge on any atom is -0.355 e. The zero-order valence-corrected chi connectivity index (χ0v) is 20.4. The topological polar surface area (TPSA) is 85.8 Å². The maximum absolute atomic E-state index is 12.1. The van der Waals surface area contributed by atoms with E-state index in [0.717, 1.165) is 37.9 Å². The fourth-order valence-corrected chi connectivity index (χ4v) is 5.99. The largest absolute Gasteiger partial charge is 0.355 e. The Bertz CT molecular complexity index is 698. The summed E-state index contributed by atoms with van der Waals surface area (Å²) in [6, 6.07) is 4.58. The summed E-state index contributed by atoms with van der Waals surface area (Å²) in [5.74, 6) is 0.740. The van der Waals surface area contributed by atoms with E-state index in [9.17, 15) is 8.42 Å². The molecule has 0 spiro atoms. The Morgan fingerprint density at radius 1 is 1.21 bits per heavy atom. The summed E-state index contributed by atoms with van der Waals surface area (Å²) in [6.07, 6.45) is 7.75. The number of nitrogens with zero attached hydrogens (tertiary/aromatic N) is 2. The first kappa shape index (κ1) is 23.8. The van der Waals surface area contributed by atoms with Crippen molar-refractivity contribution in [3.05, 3.63) is 17.5 Å². The van der Waals surface area contributed by atoms with Crippen molar-refractivity contribution in [1.82, 2.24) is 20.3 Å². The lowest BCUT2D eigenvalue weighted by atomic mass is 10.0. The number of rotatable bonds is 7. The van der Waals surface area contributed by atoms with E-state index in [-0.39, 0.29) is 24.0 Å². The molecule has 0 amide bonds. The van der Waals surface area contributed by atoms with Gasteiger partial charge in [0.1, 0.15) is 4.21 Å². The molecular weight excluding hydrogens is 509 g/mol. The highest BCUT2D eigenvalue weighted by atomic mass is 127. The number of likely N-dealkylation sites (tertiary alicyclic amines) is 1. The van der Waals surface area contributed by atoms with Gasteiger partial charge in [0.25, 0.3) is 0 Å². The Hall–Kier alpha value is -0.430. The highest BCUT2D eigenvalue weighted by Crippen LogP contribution is 2.26. The van der Waals surface area contributed by atoms with Gasteiger partial charge in [0, 0.05) is 45.3 Å². The molecule has 0 bridgehead atoms. The van der Waals surface area contributed by atoms with Crippen LogP contribution in [0.25, 0.3) is 0 Å². The summed E-state index contributed by atoms with van der Waals surface area (Å²) < 4.78 is 27.1. The van der Waals surface area contributed by atoms with Gasteiger partial charge < -0.3 is 15.5 Å². The van der Waals surface area contributed by atoms with Crippen molar-refractivity contribution >= 4 is 51.3 Å². The van der Waals surface area contributed by atoms with Crippen LogP contribution in [0.4, 0.5) is 0 Å². The number of piperidine rings is 1. The Morgan fingerprint density at radius 3 is 2.54 bits per heavy atom. The molecule has 1 aromatic rings. The van der Waals surface area contributed by atoms with Crippen LogP contribution in [-0.4, -0.2) is 64.6 Å². The first-order valence-electron chi connectivity index (χ1n) is 9.83. The molecule has 2 heterocycles. The van der Waals surface area contributed by atoms with Crippen LogP contribution in [0.3, 0.4) is 0 Å². The standard InChI is InChI=1S/C18H31N5O2S2.HI/c1-19-18(20-10-11-21-27(24,25)17-7-4-14-26-17)22-15-8-12-23(13-9-15)16-5-2-3-6-16;/h4,7,14-16,21H,2-3,5-6,8-13H2,1H3,(H2,19,20,22);1H. The van der Waals surface area contributed by atoms with Crippen molar-refractivity contribution < 1.29 is 8.42 Å². The molecule has 3 rings (SSSR count). The van der Waals surface area contributed by atoms with Crippen molar-refractivity contribution in [2.24, 2.45) is 4.99 Å². The molecule has 1 aliphatic carbocycles. The quantitative estimate of drug-likeness (QED) is 0.213. The number of sulfonamides is 1. The Morgan fingerprint density at radius 2 is 1.93 bits per heavy atom. The van der Waals surface area contributed by atoms with Gasteiger partial charge in [0.15, 0.2) is 5.96 Å². The minimum absolute atomic E-state index is 0. The predicted molar refractivity (Wildman–Crippen MR) is 126 cm³/mol. The first-order chi connectivity index (χ1) is 13.1. The zero-order valence-electron chi connectivity index (χ0n) is 16.4. The van der Waals surface area contributed by atoms with Gasteiger partial charge in [-0.05, 0) is 37.1 Å². The van der Waals surface area contributed by atoms with Gasteiger partial charge in [0.2, 0.25) is 10.0 Å². The summed E-state index contributed by atoms with van der Waals surface area (Å²) in [5.41, 5.74) is 0. The minimum atomic E-state index is -3.40. The van der Waals surface area contributed by atoms with Crippen LogP contribution in [0.5, 0.6) is 0 Å². The molecule has 1 saturated carbocycles. The fraction of sp³-hybridized carbons (Fsp3) is 0.722. The van der Waals surface area contributed by atoms with E-state index in [1.54, 1.807) is 24.6 Å². The van der Waals surface area contributed by atoms with Crippen LogP contribution in [0.2, 0.25) is 0 Å². The molecule has 1 aliphatic heterocycles. The lowest BCUT2D eigenvalue weighted by Crippen LogP contribution is -2.51. The number of halogens is 1. The van der Waals surface area contributed by atoms with Crippen molar-refractivity contribution in [2.75, 3.05) is 33.2 Å². The molecule has 1 aromatic heterocycles. The Kier molecular flexibility index (Phi) is 9.94. The second-order valence-corrected chi connectivity index (χ2v) is 10.2. The van der Waals surface area contributed by atoms with E-state index in [0.29, 0.717) is 23.3 Å². The molecule has 1 saturated heterocycles. The van der Waals surface area contributed by atoms with Crippen molar-refractivity contribution in [3.63, 3.8) is 0 Å². The van der Waals surface area contributed by atoms with Crippen LogP contribution >= 0.6 is 35.3 Å². The van der Waals surface area contributed by atoms with Gasteiger partial charge in [-0.2, -0.15) is 0 Å². The second-order valence-electron chi connectivity index (χ2n) is 7.22. The van der Waals surface area contributed by atoms with E-state index in [1.165, 1.54) is 37.0 Å². The molecule has 2 aliphatic rings. The summed E-state index contributed by atoms with van der Waals surface area (Å²) in [5, 5.41) is 8.44. The average Bonchev–Trinajstić information content (AvgIpc) is 3.39. The summed E-state index contributed by atoms with van der Waals surface area (Å²) in [4.78, 5) is 6.92. The fourth-order valence-electron chi connectivity index (χ4n) is 3.92. The van der Waals surface area contributed by atoms with Gasteiger partial charge >= 0.3 is 0 Å². The Balaban J connectivity index is 0.00000280. The normalized spacial score (nSPS) is 20.1. The smallest absolute Gasteiger partial charge is 0.250 e. The molecule has 2 fully saturated rings. The van der Waals surface area contributed by atoms with Crippen molar-refractivity contribution in [2.45, 2.75) is 54.8 Å². The van der Waals surface area contributed by atoms with Crippen LogP contribution in [0, 0.1) is 0 Å². The van der Waals surface area contributed by atoms with Crippen LogP contribution < -0.4 is 15.4 Å². The molecule has 3 N–H and O–H groups in total. The van der Waals surface area contributed by atoms with E-state index in [2.05, 4.69) is 25.2 Å². The van der Waals surface area contributed by atoms with Gasteiger partial charge in [-0.1, -0.05) is 18.9 Å². The SMILES string of the molecule is CN=C(NCCNS(=O)(=O)c1cccs1)NC1CCN(C2CCCC2)CC1.I. The first-order valence-corrected chi connectivity index (χ1v) is 12.2. The van der Waals surface area contributed by atoms with Crippen molar-refractivity contribution in [3.8, 4) is 0 Å². The number of hydrogen-bond donors (Lipinski definition) is 3. The lowest BCUT2D eigenvalue weighted by molar-refractivity contribution is 0.150. The second kappa shape index (κ2) is 11.7. The number of aliphatic imine (C=N–C) groups is 1. The molecule has 28 heavy (non-hydrogen) atoms. The zero-order chi connectivity index (χ0) is 19.1. The molecule has 10 heteroatoms. The average molecular weight is 542 g/mol. The van der Waals surface area contributed by atoms with Crippen LogP contribution in [0.1, 0.15) is 38.5 Å². The lowest BCUT2D eigenvalue weighted by Gasteiger charge is -2.36. The number of hydrogen-bond acceptors (Lipinski definition) is 5. The van der Waals surface area contributed by atoms with Gasteiger partial charge in [0.05, 0.1) is 0 Å². The molecule has 0 unspecified atom stereocenters. The monoisotopic (exact) mass is 541 g/mol. The molecule has 0 atom stereocenters. The van der Waals surface area contributed by atoms with Gasteiger partial charge in [-0.15, -0.1) is 35.3 Å². The van der Waals surface area contributed by atoms with Gasteiger partial charge in [-0.3, -0.25) is 4.99 Å². The third-order valence-electron chi connectivity index (χ3n) is 5.40. The van der Waals surface area contributed by atoms with E-state index < -0.39 is 10.0 Å².